The molecule has 20 heavy (non-hydrogen) atoms. The predicted octanol–water partition coefficient (Wildman–Crippen LogP) is 3.27. The van der Waals surface area contributed by atoms with Crippen LogP contribution in [0, 0.1) is 10.8 Å². The van der Waals surface area contributed by atoms with Crippen molar-refractivity contribution in [3.63, 3.8) is 0 Å². The van der Waals surface area contributed by atoms with E-state index in [0.29, 0.717) is 12.0 Å². The van der Waals surface area contributed by atoms with E-state index in [1.54, 1.807) is 7.11 Å². The number of aliphatic hydroxyl groups is 1. The van der Waals surface area contributed by atoms with E-state index in [-0.39, 0.29) is 5.41 Å². The summed E-state index contributed by atoms with van der Waals surface area (Å²) in [6.45, 7) is 5.14. The minimum absolute atomic E-state index is 0.176. The highest BCUT2D eigenvalue weighted by atomic mass is 16.5. The molecule has 2 rings (SSSR count). The average molecular weight is 277 g/mol. The molecule has 0 amide bonds. The summed E-state index contributed by atoms with van der Waals surface area (Å²) in [5, 5.41) is 10.8. The first kappa shape index (κ1) is 15.3. The Hall–Kier alpha value is -1.06. The highest BCUT2D eigenvalue weighted by Crippen LogP contribution is 2.50. The third kappa shape index (κ3) is 2.99. The van der Waals surface area contributed by atoms with Gasteiger partial charge in [0.1, 0.15) is 5.75 Å². The fourth-order valence-corrected chi connectivity index (χ4v) is 3.15. The molecule has 3 N–H and O–H groups in total. The van der Waals surface area contributed by atoms with Crippen LogP contribution in [0.4, 0.5) is 0 Å². The summed E-state index contributed by atoms with van der Waals surface area (Å²) < 4.78 is 5.17. The summed E-state index contributed by atoms with van der Waals surface area (Å²) in [4.78, 5) is 0. The van der Waals surface area contributed by atoms with Crippen molar-refractivity contribution in [1.82, 2.24) is 0 Å². The molecule has 0 saturated heterocycles. The second-order valence-electron chi connectivity index (χ2n) is 6.91. The molecule has 1 unspecified atom stereocenters. The molecule has 1 saturated carbocycles. The predicted molar refractivity (Wildman–Crippen MR) is 81.7 cm³/mol. The molecule has 1 atom stereocenters. The van der Waals surface area contributed by atoms with Crippen LogP contribution in [0.15, 0.2) is 24.3 Å². The van der Waals surface area contributed by atoms with Gasteiger partial charge in [0, 0.05) is 12.0 Å². The number of hydrogen-bond donors (Lipinski definition) is 2. The van der Waals surface area contributed by atoms with Gasteiger partial charge in [-0.2, -0.15) is 0 Å². The van der Waals surface area contributed by atoms with Crippen LogP contribution in [0.2, 0.25) is 0 Å². The van der Waals surface area contributed by atoms with Crippen molar-refractivity contribution in [3.8, 4) is 5.75 Å². The van der Waals surface area contributed by atoms with E-state index < -0.39 is 6.10 Å². The van der Waals surface area contributed by atoms with Gasteiger partial charge in [-0.3, -0.25) is 0 Å². The smallest absolute Gasteiger partial charge is 0.118 e. The molecule has 3 nitrogen and oxygen atoms in total. The third-order valence-corrected chi connectivity index (χ3v) is 5.02. The lowest BCUT2D eigenvalue weighted by Crippen LogP contribution is -2.41. The van der Waals surface area contributed by atoms with Crippen molar-refractivity contribution in [1.29, 1.82) is 0 Å². The summed E-state index contributed by atoms with van der Waals surface area (Å²) in [6, 6.07) is 7.69. The Bertz CT molecular complexity index is 429. The third-order valence-electron chi connectivity index (χ3n) is 5.02. The van der Waals surface area contributed by atoms with Crippen LogP contribution in [0.25, 0.3) is 0 Å². The van der Waals surface area contributed by atoms with E-state index in [1.807, 2.05) is 24.3 Å². The Kier molecular flexibility index (Phi) is 4.40. The van der Waals surface area contributed by atoms with Gasteiger partial charge in [0.05, 0.1) is 13.2 Å². The van der Waals surface area contributed by atoms with Gasteiger partial charge in [-0.05, 0) is 48.8 Å². The minimum atomic E-state index is -0.491. The van der Waals surface area contributed by atoms with E-state index >= 15 is 0 Å². The van der Waals surface area contributed by atoms with Gasteiger partial charge in [-0.25, -0.2) is 0 Å². The fourth-order valence-electron chi connectivity index (χ4n) is 3.15. The molecule has 112 valence electrons. The standard InChI is InChI=1S/C17H27NO2/c1-16(2)8-10-17(12-18,11-9-16)15(19)13-4-6-14(20-3)7-5-13/h4-7,15,19H,8-12,18H2,1-3H3. The van der Waals surface area contributed by atoms with Crippen molar-refractivity contribution >= 4 is 0 Å². The van der Waals surface area contributed by atoms with Crippen LogP contribution in [0.5, 0.6) is 5.75 Å². The molecule has 1 aliphatic carbocycles. The van der Waals surface area contributed by atoms with E-state index in [9.17, 15) is 5.11 Å². The largest absolute Gasteiger partial charge is 0.497 e. The Morgan fingerprint density at radius 3 is 2.15 bits per heavy atom. The lowest BCUT2D eigenvalue weighted by molar-refractivity contribution is -0.0235. The van der Waals surface area contributed by atoms with E-state index in [4.69, 9.17) is 10.5 Å². The van der Waals surface area contributed by atoms with Crippen molar-refractivity contribution in [2.24, 2.45) is 16.6 Å². The second-order valence-corrected chi connectivity index (χ2v) is 6.91. The summed E-state index contributed by atoms with van der Waals surface area (Å²) in [6.07, 6.45) is 3.73. The Morgan fingerprint density at radius 1 is 1.15 bits per heavy atom. The summed E-state index contributed by atoms with van der Waals surface area (Å²) >= 11 is 0. The number of rotatable bonds is 4. The molecule has 0 radical (unpaired) electrons. The van der Waals surface area contributed by atoms with Crippen LogP contribution in [-0.4, -0.2) is 18.8 Å². The zero-order chi connectivity index (χ0) is 14.8. The SMILES string of the molecule is COc1ccc(C(O)C2(CN)CCC(C)(C)CC2)cc1. The van der Waals surface area contributed by atoms with Gasteiger partial charge in [0.25, 0.3) is 0 Å². The number of methoxy groups -OCH3 is 1. The van der Waals surface area contributed by atoms with Crippen LogP contribution in [-0.2, 0) is 0 Å². The molecule has 1 aromatic rings. The van der Waals surface area contributed by atoms with Gasteiger partial charge in [-0.1, -0.05) is 26.0 Å². The first-order chi connectivity index (χ1) is 9.42. The quantitative estimate of drug-likeness (QED) is 0.888. The number of benzene rings is 1. The first-order valence-electron chi connectivity index (χ1n) is 7.45. The monoisotopic (exact) mass is 277 g/mol. The van der Waals surface area contributed by atoms with Crippen LogP contribution in [0.3, 0.4) is 0 Å². The summed E-state index contributed by atoms with van der Waals surface area (Å²) in [5.74, 6) is 0.813. The lowest BCUT2D eigenvalue weighted by Gasteiger charge is -2.45. The van der Waals surface area contributed by atoms with Crippen LogP contribution in [0.1, 0.15) is 51.2 Å². The lowest BCUT2D eigenvalue weighted by atomic mass is 9.62. The van der Waals surface area contributed by atoms with Crippen molar-refractivity contribution < 1.29 is 9.84 Å². The molecule has 1 fully saturated rings. The van der Waals surface area contributed by atoms with Gasteiger partial charge < -0.3 is 15.6 Å². The average Bonchev–Trinajstić information content (AvgIpc) is 2.47. The number of ether oxygens (including phenoxy) is 1. The number of hydrogen-bond acceptors (Lipinski definition) is 3. The molecule has 1 aromatic carbocycles. The second kappa shape index (κ2) is 5.74. The molecule has 0 heterocycles. The fraction of sp³-hybridized carbons (Fsp3) is 0.647. The highest BCUT2D eigenvalue weighted by molar-refractivity contribution is 5.29. The zero-order valence-corrected chi connectivity index (χ0v) is 12.9. The van der Waals surface area contributed by atoms with Gasteiger partial charge in [0.2, 0.25) is 0 Å². The molecule has 1 aliphatic rings. The Balaban J connectivity index is 2.18. The molecule has 0 bridgehead atoms. The number of nitrogens with two attached hydrogens (primary N) is 1. The van der Waals surface area contributed by atoms with Gasteiger partial charge in [-0.15, -0.1) is 0 Å². The highest BCUT2D eigenvalue weighted by Gasteiger charge is 2.42. The molecule has 0 aromatic heterocycles. The Labute approximate surface area is 122 Å². The normalized spacial score (nSPS) is 22.2. The minimum Gasteiger partial charge on any atom is -0.497 e. The van der Waals surface area contributed by atoms with E-state index in [2.05, 4.69) is 13.8 Å². The van der Waals surface area contributed by atoms with E-state index in [0.717, 1.165) is 37.0 Å². The summed E-state index contributed by atoms with van der Waals surface area (Å²) in [5.41, 5.74) is 7.17. The van der Waals surface area contributed by atoms with Crippen molar-refractivity contribution in [2.75, 3.05) is 13.7 Å². The van der Waals surface area contributed by atoms with Crippen LogP contribution < -0.4 is 10.5 Å². The van der Waals surface area contributed by atoms with Gasteiger partial charge >= 0.3 is 0 Å². The number of aliphatic hydroxyl groups excluding tert-OH is 1. The zero-order valence-electron chi connectivity index (χ0n) is 12.9. The maximum atomic E-state index is 10.8. The molecule has 0 spiro atoms. The first-order valence-corrected chi connectivity index (χ1v) is 7.45. The molecular weight excluding hydrogens is 250 g/mol. The van der Waals surface area contributed by atoms with Crippen molar-refractivity contribution in [2.45, 2.75) is 45.6 Å². The van der Waals surface area contributed by atoms with Crippen LogP contribution >= 0.6 is 0 Å². The molecular formula is C17H27NO2. The van der Waals surface area contributed by atoms with E-state index in [1.165, 1.54) is 0 Å². The van der Waals surface area contributed by atoms with Crippen molar-refractivity contribution in [3.05, 3.63) is 29.8 Å². The summed E-state index contributed by atoms with van der Waals surface area (Å²) in [7, 11) is 1.65. The maximum Gasteiger partial charge on any atom is 0.118 e. The Morgan fingerprint density at radius 2 is 1.70 bits per heavy atom. The molecule has 0 aliphatic heterocycles. The topological polar surface area (TPSA) is 55.5 Å². The van der Waals surface area contributed by atoms with Gasteiger partial charge in [0.15, 0.2) is 0 Å². The molecule has 3 heteroatoms. The maximum absolute atomic E-state index is 10.8.